The molecule has 0 aliphatic carbocycles. The van der Waals surface area contributed by atoms with Crippen molar-refractivity contribution in [2.24, 2.45) is 0 Å². The molecule has 15 heavy (non-hydrogen) atoms. The first kappa shape index (κ1) is 12.4. The van der Waals surface area contributed by atoms with Gasteiger partial charge in [-0.1, -0.05) is 40.2 Å². The van der Waals surface area contributed by atoms with Gasteiger partial charge in [-0.05, 0) is 24.7 Å². The summed E-state index contributed by atoms with van der Waals surface area (Å²) in [6, 6.07) is 8.17. The molecular weight excluding hydrogens is 254 g/mol. The minimum absolute atomic E-state index is 0.211. The van der Waals surface area contributed by atoms with Crippen molar-refractivity contribution in [1.82, 2.24) is 4.90 Å². The third kappa shape index (κ3) is 5.11. The van der Waals surface area contributed by atoms with Crippen molar-refractivity contribution >= 4 is 22.0 Å². The third-order valence-electron chi connectivity index (χ3n) is 2.08. The third-order valence-corrected chi connectivity index (χ3v) is 2.61. The van der Waals surface area contributed by atoms with Crippen LogP contribution in [-0.4, -0.2) is 36.8 Å². The highest BCUT2D eigenvalue weighted by molar-refractivity contribution is 9.10. The first-order chi connectivity index (χ1) is 7.22. The average molecular weight is 270 g/mol. The highest BCUT2D eigenvalue weighted by Gasteiger charge is 1.92. The first-order valence-corrected chi connectivity index (χ1v) is 5.73. The zero-order valence-electron chi connectivity index (χ0n) is 8.86. The summed E-state index contributed by atoms with van der Waals surface area (Å²) >= 11 is 3.40. The van der Waals surface area contributed by atoms with Gasteiger partial charge in [0.05, 0.1) is 6.61 Å². The molecular formula is C12H16BrNO. The van der Waals surface area contributed by atoms with Crippen LogP contribution in [-0.2, 0) is 0 Å². The van der Waals surface area contributed by atoms with Gasteiger partial charge in [-0.3, -0.25) is 0 Å². The molecule has 1 aromatic rings. The van der Waals surface area contributed by atoms with E-state index < -0.39 is 0 Å². The molecule has 0 aliphatic heterocycles. The van der Waals surface area contributed by atoms with Gasteiger partial charge in [0.25, 0.3) is 0 Å². The van der Waals surface area contributed by atoms with E-state index in [0.29, 0.717) is 6.54 Å². The van der Waals surface area contributed by atoms with Crippen LogP contribution in [0, 0.1) is 0 Å². The fraction of sp³-hybridized carbons (Fsp3) is 0.333. The maximum Gasteiger partial charge on any atom is 0.0558 e. The van der Waals surface area contributed by atoms with Crippen molar-refractivity contribution in [2.75, 3.05) is 26.7 Å². The maximum atomic E-state index is 8.71. The van der Waals surface area contributed by atoms with Crippen LogP contribution in [0.5, 0.6) is 0 Å². The van der Waals surface area contributed by atoms with Gasteiger partial charge in [-0.25, -0.2) is 0 Å². The number of likely N-dealkylation sites (N-methyl/N-ethyl adjacent to an activating group) is 1. The van der Waals surface area contributed by atoms with E-state index in [1.165, 1.54) is 5.56 Å². The lowest BCUT2D eigenvalue weighted by Crippen LogP contribution is -2.21. The lowest BCUT2D eigenvalue weighted by Gasteiger charge is -2.11. The first-order valence-electron chi connectivity index (χ1n) is 4.94. The molecule has 1 aromatic carbocycles. The van der Waals surface area contributed by atoms with Gasteiger partial charge in [0.2, 0.25) is 0 Å². The number of hydrogen-bond acceptors (Lipinski definition) is 2. The lowest BCUT2D eigenvalue weighted by molar-refractivity contribution is 0.232. The minimum atomic E-state index is 0.211. The van der Waals surface area contributed by atoms with Crippen LogP contribution in [0.1, 0.15) is 5.56 Å². The lowest BCUT2D eigenvalue weighted by atomic mass is 10.2. The van der Waals surface area contributed by atoms with Crippen LogP contribution < -0.4 is 0 Å². The zero-order chi connectivity index (χ0) is 11.1. The predicted molar refractivity (Wildman–Crippen MR) is 67.8 cm³/mol. The Labute approximate surface area is 99.4 Å². The molecule has 0 radical (unpaired) electrons. The van der Waals surface area contributed by atoms with E-state index in [0.717, 1.165) is 11.0 Å². The molecule has 0 unspecified atom stereocenters. The summed E-state index contributed by atoms with van der Waals surface area (Å²) in [4.78, 5) is 2.06. The largest absolute Gasteiger partial charge is 0.395 e. The van der Waals surface area contributed by atoms with Crippen molar-refractivity contribution in [3.05, 3.63) is 40.4 Å². The van der Waals surface area contributed by atoms with Crippen molar-refractivity contribution in [1.29, 1.82) is 0 Å². The molecule has 0 saturated carbocycles. The SMILES string of the molecule is CN(CC=Cc1ccc(Br)cc1)CCO. The molecule has 2 nitrogen and oxygen atoms in total. The number of aliphatic hydroxyl groups excluding tert-OH is 1. The van der Waals surface area contributed by atoms with E-state index in [4.69, 9.17) is 5.11 Å². The Morgan fingerprint density at radius 2 is 2.00 bits per heavy atom. The smallest absolute Gasteiger partial charge is 0.0558 e. The van der Waals surface area contributed by atoms with E-state index in [9.17, 15) is 0 Å². The topological polar surface area (TPSA) is 23.5 Å². The fourth-order valence-electron chi connectivity index (χ4n) is 1.20. The molecule has 0 fully saturated rings. The molecule has 0 bridgehead atoms. The van der Waals surface area contributed by atoms with Crippen molar-refractivity contribution in [3.63, 3.8) is 0 Å². The normalized spacial score (nSPS) is 11.5. The van der Waals surface area contributed by atoms with Crippen LogP contribution >= 0.6 is 15.9 Å². The Bertz CT molecular complexity index is 308. The number of halogens is 1. The van der Waals surface area contributed by atoms with Crippen molar-refractivity contribution in [2.45, 2.75) is 0 Å². The molecule has 0 saturated heterocycles. The summed E-state index contributed by atoms with van der Waals surface area (Å²) in [5.41, 5.74) is 1.19. The van der Waals surface area contributed by atoms with Crippen LogP contribution in [0.4, 0.5) is 0 Å². The second-order valence-corrected chi connectivity index (χ2v) is 4.36. The average Bonchev–Trinajstić information content (AvgIpc) is 2.21. The zero-order valence-corrected chi connectivity index (χ0v) is 10.4. The van der Waals surface area contributed by atoms with Crippen LogP contribution in [0.15, 0.2) is 34.8 Å². The van der Waals surface area contributed by atoms with Gasteiger partial charge in [-0.15, -0.1) is 0 Å². The van der Waals surface area contributed by atoms with Crippen LogP contribution in [0.2, 0.25) is 0 Å². The molecule has 1 rings (SSSR count). The van der Waals surface area contributed by atoms with E-state index in [1.807, 2.05) is 19.2 Å². The molecule has 3 heteroatoms. The Balaban J connectivity index is 2.41. The molecule has 0 aromatic heterocycles. The Morgan fingerprint density at radius 3 is 2.60 bits per heavy atom. The molecule has 82 valence electrons. The quantitative estimate of drug-likeness (QED) is 0.888. The van der Waals surface area contributed by atoms with E-state index in [1.54, 1.807) is 0 Å². The number of aliphatic hydroxyl groups is 1. The standard InChI is InChI=1S/C12H16BrNO/c1-14(9-10-15)8-2-3-11-4-6-12(13)7-5-11/h2-7,15H,8-10H2,1H3. The second kappa shape index (κ2) is 6.77. The number of hydrogen-bond donors (Lipinski definition) is 1. The Kier molecular flexibility index (Phi) is 5.61. The molecule has 0 aliphatic rings. The summed E-state index contributed by atoms with van der Waals surface area (Å²) < 4.78 is 1.09. The molecule has 0 heterocycles. The summed E-state index contributed by atoms with van der Waals surface area (Å²) in [6.45, 7) is 1.78. The maximum absolute atomic E-state index is 8.71. The highest BCUT2D eigenvalue weighted by atomic mass is 79.9. The van der Waals surface area contributed by atoms with Gasteiger partial charge >= 0.3 is 0 Å². The summed E-state index contributed by atoms with van der Waals surface area (Å²) in [5.74, 6) is 0. The van der Waals surface area contributed by atoms with Gasteiger partial charge < -0.3 is 10.0 Å². The highest BCUT2D eigenvalue weighted by Crippen LogP contribution is 2.11. The summed E-state index contributed by atoms with van der Waals surface area (Å²) in [7, 11) is 1.99. The monoisotopic (exact) mass is 269 g/mol. The number of nitrogens with zero attached hydrogens (tertiary/aromatic N) is 1. The van der Waals surface area contributed by atoms with Crippen LogP contribution in [0.25, 0.3) is 6.08 Å². The van der Waals surface area contributed by atoms with Gasteiger partial charge in [0.1, 0.15) is 0 Å². The van der Waals surface area contributed by atoms with Crippen molar-refractivity contribution in [3.8, 4) is 0 Å². The minimum Gasteiger partial charge on any atom is -0.395 e. The molecule has 0 atom stereocenters. The van der Waals surface area contributed by atoms with Crippen LogP contribution in [0.3, 0.4) is 0 Å². The predicted octanol–water partition coefficient (Wildman–Crippen LogP) is 2.39. The molecule has 1 N–H and O–H groups in total. The summed E-state index contributed by atoms with van der Waals surface area (Å²) in [5, 5.41) is 8.71. The van der Waals surface area contributed by atoms with E-state index in [-0.39, 0.29) is 6.61 Å². The van der Waals surface area contributed by atoms with E-state index >= 15 is 0 Å². The Morgan fingerprint density at radius 1 is 1.33 bits per heavy atom. The Hall–Kier alpha value is -0.640. The second-order valence-electron chi connectivity index (χ2n) is 3.44. The summed E-state index contributed by atoms with van der Waals surface area (Å²) in [6.07, 6.45) is 4.18. The fourth-order valence-corrected chi connectivity index (χ4v) is 1.47. The molecule has 0 amide bonds. The van der Waals surface area contributed by atoms with E-state index in [2.05, 4.69) is 45.1 Å². The number of rotatable bonds is 5. The number of benzene rings is 1. The van der Waals surface area contributed by atoms with Gasteiger partial charge in [0.15, 0.2) is 0 Å². The van der Waals surface area contributed by atoms with Gasteiger partial charge in [0, 0.05) is 17.6 Å². The molecule has 0 spiro atoms. The van der Waals surface area contributed by atoms with Crippen molar-refractivity contribution < 1.29 is 5.11 Å². The van der Waals surface area contributed by atoms with Gasteiger partial charge in [-0.2, -0.15) is 0 Å².